The smallest absolute Gasteiger partial charge is 0.331 e. The third-order valence-corrected chi connectivity index (χ3v) is 22.3. The lowest BCUT2D eigenvalue weighted by Crippen LogP contribution is -2.45. The minimum atomic E-state index is -1.16. The molecule has 98 heavy (non-hydrogen) atoms. The van der Waals surface area contributed by atoms with Gasteiger partial charge in [0.05, 0.1) is 122 Å². The summed E-state index contributed by atoms with van der Waals surface area (Å²) < 4.78 is 61.3. The maximum Gasteiger partial charge on any atom is 0.331 e. The van der Waals surface area contributed by atoms with E-state index in [9.17, 15) is 50.4 Å². The Bertz CT molecular complexity index is 2320. The second-order valence-corrected chi connectivity index (χ2v) is 30.3. The Hall–Kier alpha value is -3.26. The molecular weight excluding hydrogens is 1260 g/mol. The summed E-state index contributed by atoms with van der Waals surface area (Å²) in [7, 11) is 6.58. The van der Waals surface area contributed by atoms with E-state index < -0.39 is 133 Å². The van der Waals surface area contributed by atoms with Gasteiger partial charge in [-0.05, 0) is 129 Å². The van der Waals surface area contributed by atoms with Crippen molar-refractivity contribution in [2.75, 3.05) is 28.4 Å². The van der Waals surface area contributed by atoms with E-state index in [2.05, 4.69) is 0 Å². The fraction of sp³-hybridized carbons (Fsp3) is 0.821. The van der Waals surface area contributed by atoms with Crippen LogP contribution in [-0.2, 0) is 57.0 Å². The number of aliphatic hydroxyl groups is 8. The zero-order valence-corrected chi connectivity index (χ0v) is 62.3. The Morgan fingerprint density at radius 2 is 0.806 bits per heavy atom. The monoisotopic (exact) mass is 1390 g/mol. The lowest BCUT2D eigenvalue weighted by atomic mass is 9.78. The van der Waals surface area contributed by atoms with E-state index >= 15 is 0 Å². The molecule has 5 rings (SSSR count). The molecular formula is C78H132O20. The largest absolute Gasteiger partial charge is 0.458 e. The molecule has 0 radical (unpaired) electrons. The number of hydrogen-bond donors (Lipinski definition) is 8. The van der Waals surface area contributed by atoms with Crippen LogP contribution in [0.4, 0.5) is 0 Å². The molecule has 0 spiro atoms. The maximum atomic E-state index is 13.9. The third kappa shape index (κ3) is 28.1. The summed E-state index contributed by atoms with van der Waals surface area (Å²) >= 11 is 0. The quantitative estimate of drug-likeness (QED) is 0.0527. The van der Waals surface area contributed by atoms with Crippen LogP contribution in [0.5, 0.6) is 0 Å². The van der Waals surface area contributed by atoms with Gasteiger partial charge in [0.15, 0.2) is 0 Å². The van der Waals surface area contributed by atoms with E-state index in [1.54, 1.807) is 54.4 Å². The molecule has 0 aromatic carbocycles. The van der Waals surface area contributed by atoms with E-state index in [1.165, 1.54) is 12.2 Å². The van der Waals surface area contributed by atoms with Gasteiger partial charge < -0.3 is 88.2 Å². The molecule has 0 aromatic heterocycles. The third-order valence-electron chi connectivity index (χ3n) is 22.3. The Labute approximate surface area is 587 Å². The Morgan fingerprint density at radius 3 is 1.15 bits per heavy atom. The first kappa shape index (κ1) is 85.4. The number of allylic oxidation sites excluding steroid dienone is 4. The van der Waals surface area contributed by atoms with Crippen LogP contribution in [0.1, 0.15) is 199 Å². The highest BCUT2D eigenvalue weighted by Crippen LogP contribution is 2.37. The predicted octanol–water partition coefficient (Wildman–Crippen LogP) is 10.1. The lowest BCUT2D eigenvalue weighted by molar-refractivity contribution is -0.158. The average molecular weight is 1390 g/mol. The number of cyclic esters (lactones) is 2. The van der Waals surface area contributed by atoms with Crippen LogP contribution >= 0.6 is 0 Å². The minimum absolute atomic E-state index is 0.0293. The van der Waals surface area contributed by atoms with Crippen molar-refractivity contribution >= 4 is 11.9 Å². The molecule has 20 heteroatoms. The molecule has 8 N–H and O–H groups in total. The maximum absolute atomic E-state index is 13.9. The first-order chi connectivity index (χ1) is 46.4. The number of ether oxygens (including phenoxy) is 10. The number of carbonyl (C=O) groups is 2. The summed E-state index contributed by atoms with van der Waals surface area (Å²) in [6, 6.07) is 0. The van der Waals surface area contributed by atoms with Gasteiger partial charge in [-0.25, -0.2) is 9.59 Å². The zero-order chi connectivity index (χ0) is 72.5. The number of fused-ring (bicyclic) bond motifs is 4. The van der Waals surface area contributed by atoms with Crippen molar-refractivity contribution in [1.82, 2.24) is 0 Å². The van der Waals surface area contributed by atoms with Crippen LogP contribution < -0.4 is 0 Å². The Morgan fingerprint density at radius 1 is 0.449 bits per heavy atom. The fourth-order valence-corrected chi connectivity index (χ4v) is 15.3. The molecule has 20 nitrogen and oxygen atoms in total. The normalized spacial score (nSPS) is 41.1. The first-order valence-corrected chi connectivity index (χ1v) is 37.1. The second-order valence-electron chi connectivity index (χ2n) is 30.3. The van der Waals surface area contributed by atoms with Crippen molar-refractivity contribution in [2.24, 2.45) is 47.3 Å². The molecule has 0 saturated carbocycles. The average Bonchev–Trinajstić information content (AvgIpc) is 0.853. The van der Waals surface area contributed by atoms with Gasteiger partial charge in [-0.1, -0.05) is 115 Å². The van der Waals surface area contributed by atoms with Crippen molar-refractivity contribution < 1.29 is 97.8 Å². The van der Waals surface area contributed by atoms with E-state index in [1.807, 2.05) is 106 Å². The number of aliphatic hydroxyl groups excluding tert-OH is 8. The highest BCUT2D eigenvalue weighted by molar-refractivity contribution is 5.83. The molecule has 5 aliphatic rings. The molecule has 2 saturated heterocycles. The molecule has 0 amide bonds. The van der Waals surface area contributed by atoms with Gasteiger partial charge in [0.2, 0.25) is 0 Å². The lowest BCUT2D eigenvalue weighted by Gasteiger charge is -2.38. The van der Waals surface area contributed by atoms with Crippen molar-refractivity contribution in [3.05, 3.63) is 71.9 Å². The predicted molar refractivity (Wildman–Crippen MR) is 377 cm³/mol. The van der Waals surface area contributed by atoms with Crippen LogP contribution in [0.15, 0.2) is 71.9 Å². The standard InChI is InChI=1S/C78H132O20/c1-45-23-29-57(79)37-59-19-17-21-61(95-59)41-71(91-15)52(8)68(82)44-70(84)54(10)78(56(12)76(88)48(4)28-32-64-40-66(90-14)36-50(6)94-64)98-74(86)34-26-46(2)24-30-58(80)38-60-20-18-22-62(96-60)42-72(92-16)51(7)67(81)43-69(83)53(9)77(97-73(85)33-25-45)55(11)75(87)47(3)27-31-63-39-65(89-13)35-49(5)93-63/h17-20,23-26,33-34,47-72,75-84,87-88H,21-22,27-32,35-44H2,1-16H3/b33-25+,34-26+,45-23+,46-24+/t47-,48-,49-,50-,51-,52-,53-,54?,55-,56-,57-,58-,59-,60-,61-,62-,63-,64-,65+,66+,67-,68-,69+,70+,71-,72-,75-,76-,77-,78-/m0/s1. The molecule has 1 unspecified atom stereocenters. The summed E-state index contributed by atoms with van der Waals surface area (Å²) in [6.45, 7) is 22.5. The molecule has 0 aromatic rings. The van der Waals surface area contributed by atoms with Crippen LogP contribution in [0.25, 0.3) is 0 Å². The topological polar surface area (TPSA) is 288 Å². The number of esters is 2. The molecule has 30 atom stereocenters. The molecule has 564 valence electrons. The van der Waals surface area contributed by atoms with Crippen LogP contribution in [0, 0.1) is 47.3 Å². The van der Waals surface area contributed by atoms with E-state index in [4.69, 9.17) is 47.4 Å². The summed E-state index contributed by atoms with van der Waals surface area (Å²) in [6.07, 6.45) is 14.1. The highest BCUT2D eigenvalue weighted by Gasteiger charge is 2.42. The van der Waals surface area contributed by atoms with Gasteiger partial charge in [0, 0.05) is 102 Å². The molecule has 2 fully saturated rings. The van der Waals surface area contributed by atoms with Gasteiger partial charge in [0.25, 0.3) is 0 Å². The van der Waals surface area contributed by atoms with Crippen LogP contribution in [0.2, 0.25) is 0 Å². The van der Waals surface area contributed by atoms with Gasteiger partial charge in [-0.2, -0.15) is 0 Å². The summed E-state index contributed by atoms with van der Waals surface area (Å²) in [5, 5.41) is 94.4. The number of methoxy groups -OCH3 is 4. The SMILES string of the molecule is CO[C@H]1C[C@H](CC[C@H](C)[C@H](O)[C@H](C)[C@H]2OC(=O)/C=C/C(C)=C/C[C@H](O)C[C@@H]3C=CC[C@@H](C[C@H](OC)[C@@H](C)[C@@H](O)C[C@@H](O)C(C)[C@@H]([C@@H](C)[C@@H](O)[C@@H](C)CC[C@H]4C[C@H](OC)C[C@H](C)O4)OC(=O)/C=C/C(C)=C/C[C@H](O)C[C@@H]4C=CC[C@@H](C[C@H](OC)[C@@H](C)[C@@H](O)C[C@@H](O)[C@@H]2C)O4)O3)O[C@@H](C)C1. The minimum Gasteiger partial charge on any atom is -0.458 e. The fourth-order valence-electron chi connectivity index (χ4n) is 15.3. The number of rotatable bonds is 16. The van der Waals surface area contributed by atoms with Gasteiger partial charge >= 0.3 is 11.9 Å². The van der Waals surface area contributed by atoms with Crippen molar-refractivity contribution in [1.29, 1.82) is 0 Å². The second kappa shape index (κ2) is 43.1. The van der Waals surface area contributed by atoms with Crippen LogP contribution in [-0.4, -0.2) is 216 Å². The molecule has 5 heterocycles. The van der Waals surface area contributed by atoms with Gasteiger partial charge in [0.1, 0.15) is 12.2 Å². The number of carbonyl (C=O) groups excluding carboxylic acids is 2. The zero-order valence-electron chi connectivity index (χ0n) is 62.3. The molecule has 5 aliphatic heterocycles. The Balaban J connectivity index is 1.36. The van der Waals surface area contributed by atoms with Crippen molar-refractivity contribution in [2.45, 2.75) is 333 Å². The summed E-state index contributed by atoms with van der Waals surface area (Å²) in [5.74, 6) is -5.50. The molecule has 4 bridgehead atoms. The van der Waals surface area contributed by atoms with Crippen molar-refractivity contribution in [3.8, 4) is 0 Å². The van der Waals surface area contributed by atoms with Crippen molar-refractivity contribution in [3.63, 3.8) is 0 Å². The van der Waals surface area contributed by atoms with Gasteiger partial charge in [-0.3, -0.25) is 0 Å². The summed E-state index contributed by atoms with van der Waals surface area (Å²) in [4.78, 5) is 27.8. The number of hydrogen-bond acceptors (Lipinski definition) is 20. The first-order valence-electron chi connectivity index (χ1n) is 37.1. The highest BCUT2D eigenvalue weighted by atomic mass is 16.6. The van der Waals surface area contributed by atoms with Crippen LogP contribution in [0.3, 0.4) is 0 Å². The Kier molecular flexibility index (Phi) is 37.6. The van der Waals surface area contributed by atoms with E-state index in [0.717, 1.165) is 25.7 Å². The van der Waals surface area contributed by atoms with Gasteiger partial charge in [-0.15, -0.1) is 0 Å². The van der Waals surface area contributed by atoms with E-state index in [0.29, 0.717) is 62.5 Å². The molecule has 0 aliphatic carbocycles. The summed E-state index contributed by atoms with van der Waals surface area (Å²) in [5.41, 5.74) is 1.39. The van der Waals surface area contributed by atoms with E-state index in [-0.39, 0.29) is 99.2 Å².